The molecule has 0 aliphatic carbocycles. The molecule has 118 valence electrons. The smallest absolute Gasteiger partial charge is 0.251 e. The van der Waals surface area contributed by atoms with Crippen LogP contribution in [0.15, 0.2) is 18.2 Å². The van der Waals surface area contributed by atoms with Gasteiger partial charge in [-0.05, 0) is 31.0 Å². The molecule has 1 amide bonds. The molecular weight excluding hydrogens is 270 g/mol. The maximum absolute atomic E-state index is 12.2. The molecule has 1 N–H and O–H groups in total. The standard InChI is InChI=1S/C16H25NO4/c1-11(2)9-21-10-12(3)17-16(18)13-6-7-14(19-4)15(8-13)20-5/h6-8,11-12H,9-10H2,1-5H3,(H,17,18)/t12-/m0/s1. The summed E-state index contributed by atoms with van der Waals surface area (Å²) in [5.41, 5.74) is 0.531. The van der Waals surface area contributed by atoms with E-state index in [-0.39, 0.29) is 11.9 Å². The van der Waals surface area contributed by atoms with Gasteiger partial charge in [0.05, 0.1) is 20.8 Å². The predicted octanol–water partition coefficient (Wildman–Crippen LogP) is 2.49. The molecule has 0 saturated heterocycles. The monoisotopic (exact) mass is 295 g/mol. The Hall–Kier alpha value is -1.75. The Morgan fingerprint density at radius 3 is 2.33 bits per heavy atom. The first-order chi connectivity index (χ1) is 9.97. The van der Waals surface area contributed by atoms with E-state index in [1.165, 1.54) is 0 Å². The summed E-state index contributed by atoms with van der Waals surface area (Å²) in [6.07, 6.45) is 0. The van der Waals surface area contributed by atoms with Crippen LogP contribution in [0, 0.1) is 5.92 Å². The number of ether oxygens (including phenoxy) is 3. The van der Waals surface area contributed by atoms with Crippen LogP contribution in [-0.4, -0.2) is 39.4 Å². The van der Waals surface area contributed by atoms with Gasteiger partial charge in [-0.3, -0.25) is 4.79 Å². The average molecular weight is 295 g/mol. The highest BCUT2D eigenvalue weighted by Crippen LogP contribution is 2.27. The van der Waals surface area contributed by atoms with Gasteiger partial charge >= 0.3 is 0 Å². The highest BCUT2D eigenvalue weighted by molar-refractivity contribution is 5.95. The fraction of sp³-hybridized carbons (Fsp3) is 0.562. The Labute approximate surface area is 126 Å². The molecule has 0 unspecified atom stereocenters. The minimum absolute atomic E-state index is 0.0515. The lowest BCUT2D eigenvalue weighted by Gasteiger charge is -2.16. The molecule has 1 atom stereocenters. The van der Waals surface area contributed by atoms with Gasteiger partial charge in [0.2, 0.25) is 0 Å². The summed E-state index contributed by atoms with van der Waals surface area (Å²) in [5, 5.41) is 2.90. The van der Waals surface area contributed by atoms with E-state index >= 15 is 0 Å². The molecular formula is C16H25NO4. The quantitative estimate of drug-likeness (QED) is 0.800. The van der Waals surface area contributed by atoms with Crippen LogP contribution >= 0.6 is 0 Å². The summed E-state index contributed by atoms with van der Waals surface area (Å²) >= 11 is 0. The number of hydrogen-bond donors (Lipinski definition) is 1. The summed E-state index contributed by atoms with van der Waals surface area (Å²) in [6, 6.07) is 5.03. The Kier molecular flexibility index (Phi) is 7.02. The van der Waals surface area contributed by atoms with Crippen LogP contribution in [0.3, 0.4) is 0 Å². The van der Waals surface area contributed by atoms with Gasteiger partial charge in [-0.25, -0.2) is 0 Å². The Bertz CT molecular complexity index is 460. The number of carbonyl (C=O) groups excluding carboxylic acids is 1. The maximum atomic E-state index is 12.2. The second-order valence-electron chi connectivity index (χ2n) is 5.38. The Morgan fingerprint density at radius 2 is 1.76 bits per heavy atom. The number of methoxy groups -OCH3 is 2. The van der Waals surface area contributed by atoms with Gasteiger partial charge in [0.1, 0.15) is 0 Å². The number of rotatable bonds is 8. The van der Waals surface area contributed by atoms with Crippen molar-refractivity contribution in [2.45, 2.75) is 26.8 Å². The van der Waals surface area contributed by atoms with Crippen LogP contribution in [0.5, 0.6) is 11.5 Å². The van der Waals surface area contributed by atoms with Crippen molar-refractivity contribution in [3.05, 3.63) is 23.8 Å². The van der Waals surface area contributed by atoms with Crippen molar-refractivity contribution in [2.75, 3.05) is 27.4 Å². The van der Waals surface area contributed by atoms with Gasteiger partial charge in [-0.15, -0.1) is 0 Å². The van der Waals surface area contributed by atoms with Crippen LogP contribution in [0.2, 0.25) is 0 Å². The van der Waals surface area contributed by atoms with Gasteiger partial charge in [0.15, 0.2) is 11.5 Å². The van der Waals surface area contributed by atoms with Crippen LogP contribution < -0.4 is 14.8 Å². The lowest BCUT2D eigenvalue weighted by molar-refractivity contribution is 0.0791. The Morgan fingerprint density at radius 1 is 1.10 bits per heavy atom. The number of benzene rings is 1. The summed E-state index contributed by atoms with van der Waals surface area (Å²) in [4.78, 5) is 12.2. The predicted molar refractivity (Wildman–Crippen MR) is 82.1 cm³/mol. The SMILES string of the molecule is COc1ccc(C(=O)N[C@@H](C)COCC(C)C)cc1OC. The molecule has 5 heteroatoms. The molecule has 1 aromatic rings. The fourth-order valence-corrected chi connectivity index (χ4v) is 1.81. The third kappa shape index (κ3) is 5.63. The third-order valence-electron chi connectivity index (χ3n) is 2.84. The molecule has 0 spiro atoms. The molecule has 1 aromatic carbocycles. The van der Waals surface area contributed by atoms with Crippen molar-refractivity contribution < 1.29 is 19.0 Å². The van der Waals surface area contributed by atoms with Crippen molar-refractivity contribution in [3.8, 4) is 11.5 Å². The van der Waals surface area contributed by atoms with E-state index in [2.05, 4.69) is 19.2 Å². The number of carbonyl (C=O) groups is 1. The van der Waals surface area contributed by atoms with Gasteiger partial charge in [-0.2, -0.15) is 0 Å². The largest absolute Gasteiger partial charge is 0.493 e. The molecule has 5 nitrogen and oxygen atoms in total. The molecule has 0 bridgehead atoms. The van der Waals surface area contributed by atoms with Crippen molar-refractivity contribution >= 4 is 5.91 Å². The zero-order valence-corrected chi connectivity index (χ0v) is 13.4. The highest BCUT2D eigenvalue weighted by Gasteiger charge is 2.13. The molecule has 0 saturated carbocycles. The first-order valence-corrected chi connectivity index (χ1v) is 7.08. The van der Waals surface area contributed by atoms with E-state index < -0.39 is 0 Å². The van der Waals surface area contributed by atoms with Gasteiger partial charge in [0, 0.05) is 18.2 Å². The lowest BCUT2D eigenvalue weighted by atomic mass is 10.1. The second-order valence-corrected chi connectivity index (χ2v) is 5.38. The number of amides is 1. The molecule has 0 aromatic heterocycles. The van der Waals surface area contributed by atoms with E-state index in [1.54, 1.807) is 32.4 Å². The van der Waals surface area contributed by atoms with Crippen molar-refractivity contribution in [1.29, 1.82) is 0 Å². The van der Waals surface area contributed by atoms with Gasteiger partial charge in [0.25, 0.3) is 5.91 Å². The maximum Gasteiger partial charge on any atom is 0.251 e. The topological polar surface area (TPSA) is 56.8 Å². The first-order valence-electron chi connectivity index (χ1n) is 7.08. The number of nitrogens with one attached hydrogen (secondary N) is 1. The zero-order chi connectivity index (χ0) is 15.8. The van der Waals surface area contributed by atoms with Crippen molar-refractivity contribution in [3.63, 3.8) is 0 Å². The van der Waals surface area contributed by atoms with Crippen LogP contribution in [0.4, 0.5) is 0 Å². The van der Waals surface area contributed by atoms with E-state index in [0.29, 0.717) is 36.2 Å². The minimum Gasteiger partial charge on any atom is -0.493 e. The minimum atomic E-state index is -0.156. The van der Waals surface area contributed by atoms with Crippen molar-refractivity contribution in [2.24, 2.45) is 5.92 Å². The summed E-state index contributed by atoms with van der Waals surface area (Å²) < 4.78 is 15.9. The van der Waals surface area contributed by atoms with E-state index in [9.17, 15) is 4.79 Å². The van der Waals surface area contributed by atoms with E-state index in [0.717, 1.165) is 0 Å². The van der Waals surface area contributed by atoms with E-state index in [4.69, 9.17) is 14.2 Å². The zero-order valence-electron chi connectivity index (χ0n) is 13.4. The fourth-order valence-electron chi connectivity index (χ4n) is 1.81. The lowest BCUT2D eigenvalue weighted by Crippen LogP contribution is -2.36. The summed E-state index contributed by atoms with van der Waals surface area (Å²) in [7, 11) is 3.10. The molecule has 0 aliphatic heterocycles. The first kappa shape index (κ1) is 17.3. The summed E-state index contributed by atoms with van der Waals surface area (Å²) in [6.45, 7) is 7.28. The third-order valence-corrected chi connectivity index (χ3v) is 2.84. The number of hydrogen-bond acceptors (Lipinski definition) is 4. The molecule has 0 radical (unpaired) electrons. The highest BCUT2D eigenvalue weighted by atomic mass is 16.5. The normalized spacial score (nSPS) is 12.1. The summed E-state index contributed by atoms with van der Waals surface area (Å²) in [5.74, 6) is 1.46. The van der Waals surface area contributed by atoms with Crippen LogP contribution in [-0.2, 0) is 4.74 Å². The van der Waals surface area contributed by atoms with Crippen LogP contribution in [0.25, 0.3) is 0 Å². The Balaban J connectivity index is 2.58. The molecule has 0 heterocycles. The van der Waals surface area contributed by atoms with E-state index in [1.807, 2.05) is 6.92 Å². The average Bonchev–Trinajstić information content (AvgIpc) is 2.45. The van der Waals surface area contributed by atoms with Crippen LogP contribution in [0.1, 0.15) is 31.1 Å². The molecule has 21 heavy (non-hydrogen) atoms. The van der Waals surface area contributed by atoms with Crippen molar-refractivity contribution in [1.82, 2.24) is 5.32 Å². The second kappa shape index (κ2) is 8.52. The van der Waals surface area contributed by atoms with Gasteiger partial charge < -0.3 is 19.5 Å². The van der Waals surface area contributed by atoms with Gasteiger partial charge in [-0.1, -0.05) is 13.8 Å². The molecule has 0 fully saturated rings. The molecule has 0 aliphatic rings. The molecule has 1 rings (SSSR count).